The largest absolute Gasteiger partial charge is 0.339 e. The maximum atomic E-state index is 8.58. The Labute approximate surface area is 111 Å². The topological polar surface area (TPSA) is 62.7 Å². The van der Waals surface area contributed by atoms with Gasteiger partial charge in [0.1, 0.15) is 0 Å². The second kappa shape index (κ2) is 5.43. The summed E-state index contributed by atoms with van der Waals surface area (Å²) in [4.78, 5) is 5.29. The van der Waals surface area contributed by atoms with E-state index < -0.39 is 0 Å². The predicted octanol–water partition coefficient (Wildman–Crippen LogP) is 3.65. The molecule has 2 aromatic rings. The summed E-state index contributed by atoms with van der Waals surface area (Å²) in [6.45, 7) is 1.99. The fourth-order valence-electron chi connectivity index (χ4n) is 1.40. The summed E-state index contributed by atoms with van der Waals surface area (Å²) in [5.74, 6) is 1.44. The molecule has 1 atom stereocenters. The maximum Gasteiger partial charge on any atom is 0.227 e. The molecule has 1 unspecified atom stereocenters. The van der Waals surface area contributed by atoms with Gasteiger partial charge in [0.25, 0.3) is 0 Å². The highest BCUT2D eigenvalue weighted by atomic mass is 79.9. The lowest BCUT2D eigenvalue weighted by Crippen LogP contribution is -1.98. The minimum Gasteiger partial charge on any atom is -0.339 e. The molecule has 0 aromatic carbocycles. The standard InChI is InChI=1S/C11H10BrN3OS/c1-7(4-5-13)6-10-14-11(15-16-10)8-2-3-9(12)17-8/h2-3,7H,4,6H2,1H3. The number of aromatic nitrogens is 2. The smallest absolute Gasteiger partial charge is 0.227 e. The van der Waals surface area contributed by atoms with Gasteiger partial charge >= 0.3 is 0 Å². The average molecular weight is 312 g/mol. The Bertz CT molecular complexity index is 543. The van der Waals surface area contributed by atoms with E-state index in [-0.39, 0.29) is 5.92 Å². The van der Waals surface area contributed by atoms with E-state index >= 15 is 0 Å². The van der Waals surface area contributed by atoms with Crippen molar-refractivity contribution < 1.29 is 4.52 Å². The van der Waals surface area contributed by atoms with E-state index in [0.717, 1.165) is 8.66 Å². The van der Waals surface area contributed by atoms with Crippen LogP contribution in [-0.2, 0) is 6.42 Å². The zero-order valence-electron chi connectivity index (χ0n) is 9.18. The first-order valence-corrected chi connectivity index (χ1v) is 6.75. The van der Waals surface area contributed by atoms with Crippen molar-refractivity contribution in [3.63, 3.8) is 0 Å². The van der Waals surface area contributed by atoms with Crippen LogP contribution in [-0.4, -0.2) is 10.1 Å². The van der Waals surface area contributed by atoms with Gasteiger partial charge in [-0.3, -0.25) is 0 Å². The molecule has 0 fully saturated rings. The highest BCUT2D eigenvalue weighted by Crippen LogP contribution is 2.29. The summed E-state index contributed by atoms with van der Waals surface area (Å²) < 4.78 is 6.20. The molecule has 0 bridgehead atoms. The fraction of sp³-hybridized carbons (Fsp3) is 0.364. The molecule has 0 aliphatic heterocycles. The van der Waals surface area contributed by atoms with E-state index in [0.29, 0.717) is 24.6 Å². The Morgan fingerprint density at radius 1 is 1.59 bits per heavy atom. The normalized spacial score (nSPS) is 12.3. The molecule has 2 aromatic heterocycles. The molecule has 0 radical (unpaired) electrons. The monoisotopic (exact) mass is 311 g/mol. The molecule has 88 valence electrons. The van der Waals surface area contributed by atoms with Crippen LogP contribution in [0.4, 0.5) is 0 Å². The minimum absolute atomic E-state index is 0.239. The van der Waals surface area contributed by atoms with Crippen molar-refractivity contribution in [2.75, 3.05) is 0 Å². The predicted molar refractivity (Wildman–Crippen MR) is 68.4 cm³/mol. The van der Waals surface area contributed by atoms with Gasteiger partial charge in [-0.05, 0) is 34.0 Å². The quantitative estimate of drug-likeness (QED) is 0.864. The SMILES string of the molecule is CC(CC#N)Cc1nc(-c2ccc(Br)s2)no1. The van der Waals surface area contributed by atoms with Crippen molar-refractivity contribution in [1.29, 1.82) is 5.26 Å². The Hall–Kier alpha value is -1.19. The van der Waals surface area contributed by atoms with Crippen molar-refractivity contribution in [2.45, 2.75) is 19.8 Å². The molecule has 0 saturated carbocycles. The Morgan fingerprint density at radius 3 is 3.06 bits per heavy atom. The van der Waals surface area contributed by atoms with Crippen LogP contribution in [0.1, 0.15) is 19.2 Å². The van der Waals surface area contributed by atoms with Crippen LogP contribution in [0.25, 0.3) is 10.7 Å². The van der Waals surface area contributed by atoms with Crippen molar-refractivity contribution in [2.24, 2.45) is 5.92 Å². The first-order valence-electron chi connectivity index (χ1n) is 5.14. The summed E-state index contributed by atoms with van der Waals surface area (Å²) in [5, 5.41) is 12.5. The minimum atomic E-state index is 0.239. The van der Waals surface area contributed by atoms with Gasteiger partial charge < -0.3 is 4.52 Å². The second-order valence-electron chi connectivity index (χ2n) is 3.79. The van der Waals surface area contributed by atoms with Crippen LogP contribution in [0, 0.1) is 17.2 Å². The van der Waals surface area contributed by atoms with Gasteiger partial charge in [0, 0.05) is 12.8 Å². The van der Waals surface area contributed by atoms with Crippen molar-refractivity contribution in [3.05, 3.63) is 21.8 Å². The third-order valence-electron chi connectivity index (χ3n) is 2.22. The average Bonchev–Trinajstić information content (AvgIpc) is 2.87. The Morgan fingerprint density at radius 2 is 2.41 bits per heavy atom. The van der Waals surface area contributed by atoms with E-state index in [2.05, 4.69) is 32.1 Å². The third-order valence-corrected chi connectivity index (χ3v) is 3.84. The van der Waals surface area contributed by atoms with E-state index in [1.54, 1.807) is 11.3 Å². The molecule has 2 rings (SSSR count). The molecule has 0 N–H and O–H groups in total. The zero-order valence-corrected chi connectivity index (χ0v) is 11.6. The molecule has 0 aliphatic carbocycles. The Kier molecular flexibility index (Phi) is 3.92. The van der Waals surface area contributed by atoms with Gasteiger partial charge in [-0.2, -0.15) is 10.2 Å². The first kappa shape index (κ1) is 12.3. The highest BCUT2D eigenvalue weighted by molar-refractivity contribution is 9.11. The second-order valence-corrected chi connectivity index (χ2v) is 6.25. The van der Waals surface area contributed by atoms with Crippen LogP contribution in [0.5, 0.6) is 0 Å². The third kappa shape index (κ3) is 3.14. The molecule has 0 aliphatic rings. The van der Waals surface area contributed by atoms with Crippen LogP contribution < -0.4 is 0 Å². The number of thiophene rings is 1. The van der Waals surface area contributed by atoms with Gasteiger partial charge in [0.2, 0.25) is 11.7 Å². The van der Waals surface area contributed by atoms with Gasteiger partial charge in [0.15, 0.2) is 0 Å². The van der Waals surface area contributed by atoms with Crippen LogP contribution in [0.3, 0.4) is 0 Å². The first-order chi connectivity index (χ1) is 8.19. The van der Waals surface area contributed by atoms with Crippen LogP contribution in [0.15, 0.2) is 20.4 Å². The number of rotatable bonds is 4. The summed E-state index contributed by atoms with van der Waals surface area (Å²) in [6.07, 6.45) is 1.15. The Balaban J connectivity index is 2.09. The van der Waals surface area contributed by atoms with Gasteiger partial charge in [-0.25, -0.2) is 0 Å². The van der Waals surface area contributed by atoms with Crippen molar-refractivity contribution in [3.8, 4) is 16.8 Å². The molecule has 0 saturated heterocycles. The van der Waals surface area contributed by atoms with E-state index in [9.17, 15) is 0 Å². The van der Waals surface area contributed by atoms with E-state index in [4.69, 9.17) is 9.78 Å². The van der Waals surface area contributed by atoms with E-state index in [1.165, 1.54) is 0 Å². The molecule has 2 heterocycles. The maximum absolute atomic E-state index is 8.58. The molecule has 17 heavy (non-hydrogen) atoms. The van der Waals surface area contributed by atoms with Crippen LogP contribution in [0.2, 0.25) is 0 Å². The molecule has 0 spiro atoms. The number of nitriles is 1. The lowest BCUT2D eigenvalue weighted by atomic mass is 10.1. The number of hydrogen-bond acceptors (Lipinski definition) is 5. The summed E-state index contributed by atoms with van der Waals surface area (Å²) in [7, 11) is 0. The lowest BCUT2D eigenvalue weighted by molar-refractivity contribution is 0.359. The van der Waals surface area contributed by atoms with Gasteiger partial charge in [0.05, 0.1) is 14.7 Å². The number of nitrogens with zero attached hydrogens (tertiary/aromatic N) is 3. The van der Waals surface area contributed by atoms with E-state index in [1.807, 2.05) is 19.1 Å². The summed E-state index contributed by atoms with van der Waals surface area (Å²) in [6, 6.07) is 6.03. The molecule has 6 heteroatoms. The molecule has 0 amide bonds. The number of halogens is 1. The van der Waals surface area contributed by atoms with Gasteiger partial charge in [-0.1, -0.05) is 12.1 Å². The molecular weight excluding hydrogens is 302 g/mol. The fourth-order valence-corrected chi connectivity index (χ4v) is 2.71. The molecular formula is C11H10BrN3OS. The van der Waals surface area contributed by atoms with Crippen LogP contribution >= 0.6 is 27.3 Å². The van der Waals surface area contributed by atoms with Crippen molar-refractivity contribution in [1.82, 2.24) is 10.1 Å². The number of hydrogen-bond donors (Lipinski definition) is 0. The lowest BCUT2D eigenvalue weighted by Gasteiger charge is -2.00. The summed E-state index contributed by atoms with van der Waals surface area (Å²) >= 11 is 4.96. The highest BCUT2D eigenvalue weighted by Gasteiger charge is 2.13. The van der Waals surface area contributed by atoms with Crippen molar-refractivity contribution >= 4 is 27.3 Å². The summed E-state index contributed by atoms with van der Waals surface area (Å²) in [5.41, 5.74) is 0. The molecule has 4 nitrogen and oxygen atoms in total. The van der Waals surface area contributed by atoms with Gasteiger partial charge in [-0.15, -0.1) is 11.3 Å². The zero-order chi connectivity index (χ0) is 12.3.